The van der Waals surface area contributed by atoms with E-state index in [9.17, 15) is 8.42 Å². The summed E-state index contributed by atoms with van der Waals surface area (Å²) >= 11 is 0. The molecule has 26 heavy (non-hydrogen) atoms. The summed E-state index contributed by atoms with van der Waals surface area (Å²) in [5.41, 5.74) is 3.43. The monoisotopic (exact) mass is 370 g/mol. The number of aromatic nitrogens is 1. The van der Waals surface area contributed by atoms with Crippen molar-refractivity contribution in [3.05, 3.63) is 60.4 Å². The van der Waals surface area contributed by atoms with Gasteiger partial charge in [-0.25, -0.2) is 13.6 Å². The molecule has 0 unspecified atom stereocenters. The van der Waals surface area contributed by atoms with Gasteiger partial charge in [0.1, 0.15) is 11.5 Å². The minimum absolute atomic E-state index is 0.0166. The van der Waals surface area contributed by atoms with Crippen molar-refractivity contribution in [2.24, 2.45) is 10.6 Å². The van der Waals surface area contributed by atoms with E-state index in [-0.39, 0.29) is 10.3 Å². The molecule has 3 rings (SSSR count). The number of primary sulfonamides is 1. The van der Waals surface area contributed by atoms with Gasteiger partial charge >= 0.3 is 0 Å². The van der Waals surface area contributed by atoms with E-state index in [2.05, 4.69) is 25.9 Å². The molecule has 3 aromatic rings. The van der Waals surface area contributed by atoms with E-state index in [4.69, 9.17) is 9.66 Å². The van der Waals surface area contributed by atoms with Crippen LogP contribution in [0.25, 0.3) is 22.4 Å². The van der Waals surface area contributed by atoms with E-state index in [1.807, 2.05) is 30.3 Å². The van der Waals surface area contributed by atoms with E-state index in [1.54, 1.807) is 12.1 Å². The lowest BCUT2D eigenvalue weighted by atomic mass is 9.87. The number of hydrogen-bond donors (Lipinski definition) is 1. The van der Waals surface area contributed by atoms with Crippen LogP contribution in [0.5, 0.6) is 0 Å². The average molecular weight is 370 g/mol. The van der Waals surface area contributed by atoms with Gasteiger partial charge in [-0.1, -0.05) is 68.4 Å². The van der Waals surface area contributed by atoms with Crippen LogP contribution in [0.3, 0.4) is 0 Å². The van der Waals surface area contributed by atoms with Crippen molar-refractivity contribution in [3.63, 3.8) is 0 Å². The Kier molecular flexibility index (Phi) is 4.73. The summed E-state index contributed by atoms with van der Waals surface area (Å²) < 4.78 is 28.7. The van der Waals surface area contributed by atoms with Gasteiger partial charge in [-0.3, -0.25) is 0 Å². The number of nitrogens with two attached hydrogens (primary N) is 1. The molecule has 0 aliphatic carbocycles. The summed E-state index contributed by atoms with van der Waals surface area (Å²) in [6, 6.07) is 16.3. The van der Waals surface area contributed by atoms with Crippen molar-refractivity contribution in [2.75, 3.05) is 0 Å². The van der Waals surface area contributed by atoms with Gasteiger partial charge in [0.15, 0.2) is 0 Å². The zero-order valence-corrected chi connectivity index (χ0v) is 15.9. The Morgan fingerprint density at radius 3 is 2.12 bits per heavy atom. The van der Waals surface area contributed by atoms with Crippen LogP contribution in [-0.2, 0) is 16.4 Å². The number of hydrogen-bond acceptors (Lipinski definition) is 4. The number of sulfonamides is 1. The zero-order chi connectivity index (χ0) is 18.9. The number of nitrogens with zero attached hydrogens (tertiary/aromatic N) is 1. The molecule has 0 spiro atoms. The van der Waals surface area contributed by atoms with E-state index in [1.165, 1.54) is 12.1 Å². The minimum Gasteiger partial charge on any atom is -0.360 e. The van der Waals surface area contributed by atoms with Crippen LogP contribution in [0.1, 0.15) is 26.5 Å². The second-order valence-electron chi connectivity index (χ2n) is 7.50. The van der Waals surface area contributed by atoms with Crippen LogP contribution in [0.4, 0.5) is 0 Å². The molecule has 0 aliphatic rings. The maximum absolute atomic E-state index is 11.5. The van der Waals surface area contributed by atoms with Crippen molar-refractivity contribution in [2.45, 2.75) is 32.1 Å². The summed E-state index contributed by atoms with van der Waals surface area (Å²) in [5, 5.41) is 9.50. The molecule has 5 nitrogen and oxygen atoms in total. The smallest absolute Gasteiger partial charge is 0.238 e. The molecule has 0 aliphatic heterocycles. The predicted octanol–water partition coefficient (Wildman–Crippen LogP) is 4.24. The molecule has 1 aromatic heterocycles. The van der Waals surface area contributed by atoms with Gasteiger partial charge in [0.2, 0.25) is 10.0 Å². The topological polar surface area (TPSA) is 86.2 Å². The molecule has 0 saturated carbocycles. The lowest BCUT2D eigenvalue weighted by Crippen LogP contribution is -2.11. The normalized spacial score (nSPS) is 12.3. The van der Waals surface area contributed by atoms with Crippen LogP contribution in [-0.4, -0.2) is 13.6 Å². The maximum atomic E-state index is 11.5. The highest BCUT2D eigenvalue weighted by Gasteiger charge is 2.24. The van der Waals surface area contributed by atoms with Gasteiger partial charge in [-0.05, 0) is 23.1 Å². The Hall–Kier alpha value is -2.44. The van der Waals surface area contributed by atoms with Crippen molar-refractivity contribution >= 4 is 10.0 Å². The van der Waals surface area contributed by atoms with Gasteiger partial charge in [0, 0.05) is 12.0 Å². The van der Waals surface area contributed by atoms with Crippen LogP contribution in [0.2, 0.25) is 0 Å². The minimum atomic E-state index is -3.73. The van der Waals surface area contributed by atoms with Gasteiger partial charge in [0.05, 0.1) is 10.5 Å². The molecular weight excluding hydrogens is 348 g/mol. The van der Waals surface area contributed by atoms with Gasteiger partial charge in [0.25, 0.3) is 0 Å². The zero-order valence-electron chi connectivity index (χ0n) is 15.1. The third-order valence-corrected chi connectivity index (χ3v) is 4.90. The predicted molar refractivity (Wildman–Crippen MR) is 102 cm³/mol. The highest BCUT2D eigenvalue weighted by molar-refractivity contribution is 7.89. The quantitative estimate of drug-likeness (QED) is 0.744. The van der Waals surface area contributed by atoms with Crippen molar-refractivity contribution in [3.8, 4) is 22.4 Å². The molecule has 0 atom stereocenters. The van der Waals surface area contributed by atoms with E-state index in [0.717, 1.165) is 28.1 Å². The molecular formula is C20H22N2O3S. The van der Waals surface area contributed by atoms with Crippen molar-refractivity contribution in [1.82, 2.24) is 5.16 Å². The lowest BCUT2D eigenvalue weighted by molar-refractivity contribution is 0.322. The summed E-state index contributed by atoms with van der Waals surface area (Å²) in [4.78, 5) is 0.0799. The summed E-state index contributed by atoms with van der Waals surface area (Å²) in [5.74, 6) is 0.778. The third-order valence-electron chi connectivity index (χ3n) is 3.97. The maximum Gasteiger partial charge on any atom is 0.238 e. The fraction of sp³-hybridized carbons (Fsp3) is 0.250. The van der Waals surface area contributed by atoms with E-state index < -0.39 is 10.0 Å². The van der Waals surface area contributed by atoms with Gasteiger partial charge in [-0.15, -0.1) is 0 Å². The second-order valence-corrected chi connectivity index (χ2v) is 9.06. The molecule has 0 bridgehead atoms. The molecule has 0 fully saturated rings. The second kappa shape index (κ2) is 6.70. The van der Waals surface area contributed by atoms with Gasteiger partial charge in [-0.2, -0.15) is 0 Å². The molecule has 2 aromatic carbocycles. The number of rotatable bonds is 4. The Bertz CT molecular complexity index is 999. The average Bonchev–Trinajstić information content (AvgIpc) is 2.96. The fourth-order valence-corrected chi connectivity index (χ4v) is 3.34. The van der Waals surface area contributed by atoms with E-state index in [0.29, 0.717) is 6.42 Å². The molecule has 0 saturated heterocycles. The van der Waals surface area contributed by atoms with Gasteiger partial charge < -0.3 is 4.52 Å². The fourth-order valence-electron chi connectivity index (χ4n) is 2.83. The molecule has 0 radical (unpaired) electrons. The molecule has 0 amide bonds. The first kappa shape index (κ1) is 18.4. The summed E-state index contributed by atoms with van der Waals surface area (Å²) in [6.45, 7) is 6.39. The SMILES string of the molecule is CC(C)(C)Cc1onc(-c2ccccc2)c1-c1ccc(S(N)(=O)=O)cc1. The van der Waals surface area contributed by atoms with Crippen molar-refractivity contribution in [1.29, 1.82) is 0 Å². The first-order valence-corrected chi connectivity index (χ1v) is 9.87. The first-order valence-electron chi connectivity index (χ1n) is 8.32. The van der Waals surface area contributed by atoms with Crippen LogP contribution in [0, 0.1) is 5.41 Å². The summed E-state index contributed by atoms with van der Waals surface area (Å²) in [7, 11) is -3.73. The Morgan fingerprint density at radius 2 is 1.58 bits per heavy atom. The summed E-state index contributed by atoms with van der Waals surface area (Å²) in [6.07, 6.45) is 0.707. The first-order chi connectivity index (χ1) is 12.1. The lowest BCUT2D eigenvalue weighted by Gasteiger charge is -2.16. The molecule has 2 N–H and O–H groups in total. The Balaban J connectivity index is 2.15. The van der Waals surface area contributed by atoms with E-state index >= 15 is 0 Å². The largest absolute Gasteiger partial charge is 0.360 e. The standard InChI is InChI=1S/C20H22N2O3S/c1-20(2,3)13-17-18(14-9-11-16(12-10-14)26(21,23)24)19(22-25-17)15-7-5-4-6-8-15/h4-12H,13H2,1-3H3,(H2,21,23,24). The Labute approximate surface area is 153 Å². The highest BCUT2D eigenvalue weighted by Crippen LogP contribution is 2.37. The van der Waals surface area contributed by atoms with Crippen molar-refractivity contribution < 1.29 is 12.9 Å². The van der Waals surface area contributed by atoms with Crippen LogP contribution >= 0.6 is 0 Å². The van der Waals surface area contributed by atoms with Crippen LogP contribution < -0.4 is 5.14 Å². The molecule has 136 valence electrons. The molecule has 6 heteroatoms. The van der Waals surface area contributed by atoms with Crippen LogP contribution in [0.15, 0.2) is 64.0 Å². The third kappa shape index (κ3) is 4.03. The highest BCUT2D eigenvalue weighted by atomic mass is 32.2. The molecule has 1 heterocycles. The number of benzene rings is 2. The Morgan fingerprint density at radius 1 is 0.962 bits per heavy atom.